The molecule has 0 saturated heterocycles. The third kappa shape index (κ3) is 2.09. The predicted octanol–water partition coefficient (Wildman–Crippen LogP) is 3.04. The summed E-state index contributed by atoms with van der Waals surface area (Å²) in [6.45, 7) is 4.01. The molecule has 0 unspecified atom stereocenters. The van der Waals surface area contributed by atoms with Gasteiger partial charge < -0.3 is 5.32 Å². The minimum absolute atomic E-state index is 0.221. The molecule has 72 valence electrons. The molecule has 1 nitrogen and oxygen atoms in total. The van der Waals surface area contributed by atoms with E-state index >= 15 is 0 Å². The van der Waals surface area contributed by atoms with Crippen molar-refractivity contribution < 1.29 is 4.39 Å². The monoisotopic (exact) mass is 245 g/mol. The lowest BCUT2D eigenvalue weighted by atomic mass is 9.95. The summed E-state index contributed by atoms with van der Waals surface area (Å²) in [7, 11) is 1.86. The number of benzene rings is 1. The smallest absolute Gasteiger partial charge is 0.137 e. The highest BCUT2D eigenvalue weighted by molar-refractivity contribution is 9.10. The normalized spacial score (nSPS) is 11.8. The molecule has 0 aromatic heterocycles. The first kappa shape index (κ1) is 10.7. The van der Waals surface area contributed by atoms with Crippen molar-refractivity contribution in [2.24, 2.45) is 0 Å². The van der Waals surface area contributed by atoms with Crippen LogP contribution in [-0.4, -0.2) is 7.05 Å². The summed E-state index contributed by atoms with van der Waals surface area (Å²) in [5.74, 6) is -0.221. The molecule has 1 rings (SSSR count). The van der Waals surface area contributed by atoms with E-state index in [0.717, 1.165) is 5.56 Å². The highest BCUT2D eigenvalue weighted by Gasteiger charge is 2.21. The van der Waals surface area contributed by atoms with Crippen LogP contribution in [0.25, 0.3) is 0 Å². The Kier molecular flexibility index (Phi) is 3.09. The second-order valence-electron chi connectivity index (χ2n) is 3.48. The molecule has 0 aliphatic rings. The lowest BCUT2D eigenvalue weighted by molar-refractivity contribution is 0.438. The first-order valence-electron chi connectivity index (χ1n) is 4.12. The van der Waals surface area contributed by atoms with Gasteiger partial charge in [-0.3, -0.25) is 0 Å². The maximum absolute atomic E-state index is 13.2. The van der Waals surface area contributed by atoms with E-state index in [-0.39, 0.29) is 11.4 Å². The molecule has 1 aromatic rings. The topological polar surface area (TPSA) is 12.0 Å². The first-order valence-corrected chi connectivity index (χ1v) is 4.91. The van der Waals surface area contributed by atoms with Crippen LogP contribution in [0.1, 0.15) is 19.4 Å². The lowest BCUT2D eigenvalue weighted by Gasteiger charge is -2.25. The third-order valence-electron chi connectivity index (χ3n) is 2.25. The van der Waals surface area contributed by atoms with E-state index in [0.29, 0.717) is 4.47 Å². The number of rotatable bonds is 2. The van der Waals surface area contributed by atoms with E-state index in [1.165, 1.54) is 6.07 Å². The van der Waals surface area contributed by atoms with Gasteiger partial charge in [0.2, 0.25) is 0 Å². The van der Waals surface area contributed by atoms with Crippen molar-refractivity contribution in [1.82, 2.24) is 5.32 Å². The van der Waals surface area contributed by atoms with Crippen molar-refractivity contribution >= 4 is 15.9 Å². The lowest BCUT2D eigenvalue weighted by Crippen LogP contribution is -2.33. The Balaban J connectivity index is 3.22. The molecular weight excluding hydrogens is 233 g/mol. The molecule has 1 N–H and O–H groups in total. The van der Waals surface area contributed by atoms with Gasteiger partial charge in [-0.05, 0) is 48.5 Å². The Bertz CT molecular complexity index is 310. The van der Waals surface area contributed by atoms with Gasteiger partial charge in [-0.1, -0.05) is 12.1 Å². The van der Waals surface area contributed by atoms with E-state index in [2.05, 4.69) is 21.2 Å². The zero-order valence-corrected chi connectivity index (χ0v) is 9.57. The number of nitrogens with one attached hydrogen (secondary N) is 1. The van der Waals surface area contributed by atoms with Gasteiger partial charge in [-0.2, -0.15) is 0 Å². The zero-order valence-electron chi connectivity index (χ0n) is 7.99. The number of hydrogen-bond donors (Lipinski definition) is 1. The summed E-state index contributed by atoms with van der Waals surface area (Å²) < 4.78 is 13.7. The summed E-state index contributed by atoms with van der Waals surface area (Å²) in [6, 6.07) is 5.07. The summed E-state index contributed by atoms with van der Waals surface area (Å²) in [5, 5.41) is 3.13. The quantitative estimate of drug-likeness (QED) is 0.845. The molecule has 1 aromatic carbocycles. The van der Waals surface area contributed by atoms with Crippen LogP contribution in [-0.2, 0) is 5.54 Å². The van der Waals surface area contributed by atoms with Crippen LogP contribution in [0.2, 0.25) is 0 Å². The highest BCUT2D eigenvalue weighted by Crippen LogP contribution is 2.29. The Morgan fingerprint density at radius 3 is 2.54 bits per heavy atom. The van der Waals surface area contributed by atoms with Crippen molar-refractivity contribution in [3.05, 3.63) is 34.1 Å². The van der Waals surface area contributed by atoms with Gasteiger partial charge in [0.15, 0.2) is 0 Å². The summed E-state index contributed by atoms with van der Waals surface area (Å²) in [6.07, 6.45) is 0. The average Bonchev–Trinajstić information content (AvgIpc) is 2.09. The fraction of sp³-hybridized carbons (Fsp3) is 0.400. The molecule has 0 saturated carbocycles. The van der Waals surface area contributed by atoms with Gasteiger partial charge in [-0.15, -0.1) is 0 Å². The molecule has 0 atom stereocenters. The van der Waals surface area contributed by atoms with Crippen LogP contribution in [0, 0.1) is 5.82 Å². The molecule has 0 spiro atoms. The minimum atomic E-state index is -0.221. The Morgan fingerprint density at radius 1 is 1.38 bits per heavy atom. The zero-order chi connectivity index (χ0) is 10.1. The summed E-state index contributed by atoms with van der Waals surface area (Å²) in [5.41, 5.74) is 0.705. The Morgan fingerprint density at radius 2 is 2.00 bits per heavy atom. The maximum atomic E-state index is 13.2. The van der Waals surface area contributed by atoms with Gasteiger partial charge in [0.05, 0.1) is 4.47 Å². The standard InChI is InChI=1S/C10H13BrFN/c1-10(2,13-3)7-5-4-6-8(12)9(7)11/h4-6,13H,1-3H3. The van der Waals surface area contributed by atoms with Crippen molar-refractivity contribution in [3.8, 4) is 0 Å². The van der Waals surface area contributed by atoms with Crippen molar-refractivity contribution in [2.75, 3.05) is 7.05 Å². The van der Waals surface area contributed by atoms with Gasteiger partial charge >= 0.3 is 0 Å². The van der Waals surface area contributed by atoms with Crippen molar-refractivity contribution in [1.29, 1.82) is 0 Å². The summed E-state index contributed by atoms with van der Waals surface area (Å²) in [4.78, 5) is 0. The Labute approximate surface area is 86.5 Å². The number of halogens is 2. The largest absolute Gasteiger partial charge is 0.311 e. The van der Waals surface area contributed by atoms with E-state index in [1.54, 1.807) is 6.07 Å². The third-order valence-corrected chi connectivity index (χ3v) is 3.06. The van der Waals surface area contributed by atoms with Crippen LogP contribution < -0.4 is 5.32 Å². The van der Waals surface area contributed by atoms with Gasteiger partial charge in [0.1, 0.15) is 5.82 Å². The molecular formula is C10H13BrFN. The van der Waals surface area contributed by atoms with E-state index in [9.17, 15) is 4.39 Å². The minimum Gasteiger partial charge on any atom is -0.311 e. The molecule has 0 amide bonds. The van der Waals surface area contributed by atoms with Crippen LogP contribution in [0.15, 0.2) is 22.7 Å². The molecule has 3 heteroatoms. The van der Waals surface area contributed by atoms with E-state index in [4.69, 9.17) is 0 Å². The van der Waals surface area contributed by atoms with Crippen LogP contribution in [0.5, 0.6) is 0 Å². The molecule has 0 radical (unpaired) electrons. The van der Waals surface area contributed by atoms with Gasteiger partial charge in [0.25, 0.3) is 0 Å². The molecule has 0 fully saturated rings. The van der Waals surface area contributed by atoms with Crippen LogP contribution in [0.4, 0.5) is 4.39 Å². The van der Waals surface area contributed by atoms with Gasteiger partial charge in [-0.25, -0.2) is 4.39 Å². The molecule has 0 aliphatic carbocycles. The first-order chi connectivity index (χ1) is 5.99. The SMILES string of the molecule is CNC(C)(C)c1cccc(F)c1Br. The predicted molar refractivity (Wildman–Crippen MR) is 56.2 cm³/mol. The summed E-state index contributed by atoms with van der Waals surface area (Å²) >= 11 is 3.24. The molecule has 0 heterocycles. The molecule has 0 bridgehead atoms. The second kappa shape index (κ2) is 3.76. The highest BCUT2D eigenvalue weighted by atomic mass is 79.9. The maximum Gasteiger partial charge on any atom is 0.137 e. The molecule has 0 aliphatic heterocycles. The number of hydrogen-bond acceptors (Lipinski definition) is 1. The average molecular weight is 246 g/mol. The van der Waals surface area contributed by atoms with Gasteiger partial charge in [0, 0.05) is 5.54 Å². The fourth-order valence-electron chi connectivity index (χ4n) is 1.12. The Hall–Kier alpha value is -0.410. The second-order valence-corrected chi connectivity index (χ2v) is 4.27. The van der Waals surface area contributed by atoms with Crippen molar-refractivity contribution in [2.45, 2.75) is 19.4 Å². The molecule has 13 heavy (non-hydrogen) atoms. The van der Waals surface area contributed by atoms with Crippen LogP contribution >= 0.6 is 15.9 Å². The van der Waals surface area contributed by atoms with Crippen LogP contribution in [0.3, 0.4) is 0 Å². The van der Waals surface area contributed by atoms with E-state index in [1.807, 2.05) is 27.0 Å². The van der Waals surface area contributed by atoms with Crippen molar-refractivity contribution in [3.63, 3.8) is 0 Å². The fourth-order valence-corrected chi connectivity index (χ4v) is 1.88. The van der Waals surface area contributed by atoms with E-state index < -0.39 is 0 Å².